The summed E-state index contributed by atoms with van der Waals surface area (Å²) in [6, 6.07) is 23.8. The highest BCUT2D eigenvalue weighted by Gasteiger charge is 2.39. The van der Waals surface area contributed by atoms with Gasteiger partial charge in [-0.1, -0.05) is 53.5 Å². The van der Waals surface area contributed by atoms with Gasteiger partial charge >= 0.3 is 0 Å². The summed E-state index contributed by atoms with van der Waals surface area (Å²) in [6.07, 6.45) is 3.30. The SMILES string of the molecule is Cn1cncc1C(O)(c1ccc(Cl)cc1)c1ccc2nc(C#N)ccc2c1-c1cccc(Cl)c1. The number of aliphatic hydroxyl groups is 1. The van der Waals surface area contributed by atoms with Crippen LogP contribution in [-0.4, -0.2) is 19.6 Å². The Labute approximate surface area is 206 Å². The predicted molar refractivity (Wildman–Crippen MR) is 134 cm³/mol. The van der Waals surface area contributed by atoms with E-state index in [0.29, 0.717) is 38.1 Å². The summed E-state index contributed by atoms with van der Waals surface area (Å²) in [7, 11) is 1.84. The normalized spacial score (nSPS) is 12.9. The highest BCUT2D eigenvalue weighted by Crippen LogP contribution is 2.44. The quantitative estimate of drug-likeness (QED) is 0.334. The monoisotopic (exact) mass is 484 g/mol. The van der Waals surface area contributed by atoms with E-state index in [1.807, 2.05) is 43.4 Å². The first-order valence-corrected chi connectivity index (χ1v) is 11.2. The molecule has 0 saturated carbocycles. The van der Waals surface area contributed by atoms with Gasteiger partial charge < -0.3 is 9.67 Å². The average molecular weight is 485 g/mol. The lowest BCUT2D eigenvalue weighted by atomic mass is 9.78. The molecule has 2 aromatic heterocycles. The summed E-state index contributed by atoms with van der Waals surface area (Å²) in [5.74, 6) is 0. The van der Waals surface area contributed by atoms with Crippen LogP contribution in [0.4, 0.5) is 0 Å². The van der Waals surface area contributed by atoms with Crippen LogP contribution in [0.2, 0.25) is 10.0 Å². The molecule has 2 heterocycles. The summed E-state index contributed by atoms with van der Waals surface area (Å²) >= 11 is 12.5. The number of aryl methyl sites for hydroxylation is 1. The number of nitriles is 1. The van der Waals surface area contributed by atoms with Gasteiger partial charge in [0, 0.05) is 28.0 Å². The lowest BCUT2D eigenvalue weighted by Crippen LogP contribution is -2.32. The van der Waals surface area contributed by atoms with Gasteiger partial charge in [0.2, 0.25) is 0 Å². The molecule has 5 rings (SSSR count). The Kier molecular flexibility index (Phi) is 5.59. The smallest absolute Gasteiger partial charge is 0.157 e. The zero-order valence-corrected chi connectivity index (χ0v) is 19.6. The lowest BCUT2D eigenvalue weighted by molar-refractivity contribution is 0.118. The molecule has 166 valence electrons. The van der Waals surface area contributed by atoms with E-state index >= 15 is 0 Å². The van der Waals surface area contributed by atoms with Crippen LogP contribution in [0.3, 0.4) is 0 Å². The van der Waals surface area contributed by atoms with Gasteiger partial charge in [-0.05, 0) is 59.2 Å². The van der Waals surface area contributed by atoms with Crippen molar-refractivity contribution in [3.05, 3.63) is 118 Å². The van der Waals surface area contributed by atoms with E-state index in [1.165, 1.54) is 0 Å². The van der Waals surface area contributed by atoms with Crippen LogP contribution >= 0.6 is 23.2 Å². The van der Waals surface area contributed by atoms with Crippen molar-refractivity contribution in [2.45, 2.75) is 5.60 Å². The van der Waals surface area contributed by atoms with Gasteiger partial charge in [-0.25, -0.2) is 9.97 Å². The number of nitrogens with zero attached hydrogens (tertiary/aromatic N) is 4. The number of hydrogen-bond donors (Lipinski definition) is 1. The van der Waals surface area contributed by atoms with Gasteiger partial charge in [-0.15, -0.1) is 0 Å². The van der Waals surface area contributed by atoms with Crippen LogP contribution < -0.4 is 0 Å². The number of pyridine rings is 1. The largest absolute Gasteiger partial charge is 0.374 e. The molecular formula is C27H18Cl2N4O. The molecule has 0 aliphatic carbocycles. The molecule has 1 N–H and O–H groups in total. The van der Waals surface area contributed by atoms with Crippen LogP contribution in [0.25, 0.3) is 22.0 Å². The minimum Gasteiger partial charge on any atom is -0.374 e. The van der Waals surface area contributed by atoms with E-state index in [4.69, 9.17) is 23.2 Å². The average Bonchev–Trinajstić information content (AvgIpc) is 3.29. The molecule has 0 amide bonds. The van der Waals surface area contributed by atoms with Gasteiger partial charge in [0.25, 0.3) is 0 Å². The van der Waals surface area contributed by atoms with Crippen LogP contribution in [0, 0.1) is 11.3 Å². The van der Waals surface area contributed by atoms with Crippen molar-refractivity contribution in [2.75, 3.05) is 0 Å². The van der Waals surface area contributed by atoms with Crippen LogP contribution in [0.5, 0.6) is 0 Å². The maximum Gasteiger partial charge on any atom is 0.157 e. The second kappa shape index (κ2) is 8.58. The van der Waals surface area contributed by atoms with Gasteiger partial charge in [-0.3, -0.25) is 0 Å². The zero-order valence-electron chi connectivity index (χ0n) is 18.1. The number of rotatable bonds is 4. The highest BCUT2D eigenvalue weighted by molar-refractivity contribution is 6.31. The molecule has 0 bridgehead atoms. The van der Waals surface area contributed by atoms with Crippen molar-refractivity contribution >= 4 is 34.1 Å². The van der Waals surface area contributed by atoms with Gasteiger partial charge in [0.15, 0.2) is 5.60 Å². The Morgan fingerprint density at radius 1 is 0.971 bits per heavy atom. The maximum absolute atomic E-state index is 12.5. The van der Waals surface area contributed by atoms with E-state index in [1.54, 1.807) is 53.5 Å². The molecule has 34 heavy (non-hydrogen) atoms. The fourth-order valence-electron chi connectivity index (χ4n) is 4.36. The molecule has 0 aliphatic rings. The summed E-state index contributed by atoms with van der Waals surface area (Å²) < 4.78 is 1.79. The van der Waals surface area contributed by atoms with E-state index in [2.05, 4.69) is 16.0 Å². The Hall–Kier alpha value is -3.69. The third-order valence-electron chi connectivity index (χ3n) is 5.94. The number of aromatic nitrogens is 3. The topological polar surface area (TPSA) is 74.7 Å². The minimum absolute atomic E-state index is 0.317. The number of hydrogen-bond acceptors (Lipinski definition) is 4. The van der Waals surface area contributed by atoms with Crippen molar-refractivity contribution in [1.82, 2.24) is 14.5 Å². The molecular weight excluding hydrogens is 467 g/mol. The van der Waals surface area contributed by atoms with Crippen LogP contribution in [-0.2, 0) is 12.6 Å². The molecule has 1 unspecified atom stereocenters. The molecule has 3 aromatic carbocycles. The van der Waals surface area contributed by atoms with Gasteiger partial charge in [-0.2, -0.15) is 5.26 Å². The first kappa shape index (κ1) is 22.1. The molecule has 0 fully saturated rings. The molecule has 0 saturated heterocycles. The van der Waals surface area contributed by atoms with Crippen molar-refractivity contribution in [3.8, 4) is 17.2 Å². The fraction of sp³-hybridized carbons (Fsp3) is 0.0741. The lowest BCUT2D eigenvalue weighted by Gasteiger charge is -2.32. The van der Waals surface area contributed by atoms with Crippen molar-refractivity contribution in [3.63, 3.8) is 0 Å². The molecule has 5 nitrogen and oxygen atoms in total. The van der Waals surface area contributed by atoms with Gasteiger partial charge in [0.05, 0.1) is 23.7 Å². The maximum atomic E-state index is 12.5. The Morgan fingerprint density at radius 3 is 2.44 bits per heavy atom. The Bertz CT molecular complexity index is 1570. The first-order chi connectivity index (χ1) is 16.4. The second-order valence-electron chi connectivity index (χ2n) is 7.98. The molecule has 0 aliphatic heterocycles. The minimum atomic E-state index is -1.57. The summed E-state index contributed by atoms with van der Waals surface area (Å²) in [4.78, 5) is 8.74. The zero-order chi connectivity index (χ0) is 23.9. The third kappa shape index (κ3) is 3.63. The fourth-order valence-corrected chi connectivity index (χ4v) is 4.68. The summed E-state index contributed by atoms with van der Waals surface area (Å²) in [5, 5.41) is 23.8. The van der Waals surface area contributed by atoms with Crippen molar-refractivity contribution < 1.29 is 5.11 Å². The molecule has 1 atom stereocenters. The predicted octanol–water partition coefficient (Wildman–Crippen LogP) is 6.10. The third-order valence-corrected chi connectivity index (χ3v) is 6.43. The van der Waals surface area contributed by atoms with Gasteiger partial charge in [0.1, 0.15) is 11.8 Å². The second-order valence-corrected chi connectivity index (χ2v) is 8.85. The Morgan fingerprint density at radius 2 is 1.76 bits per heavy atom. The van der Waals surface area contributed by atoms with E-state index in [0.717, 1.165) is 16.5 Å². The number of benzene rings is 3. The van der Waals surface area contributed by atoms with E-state index < -0.39 is 5.60 Å². The van der Waals surface area contributed by atoms with Crippen LogP contribution in [0.15, 0.2) is 85.3 Å². The van der Waals surface area contributed by atoms with Crippen molar-refractivity contribution in [1.29, 1.82) is 5.26 Å². The number of imidazole rings is 1. The summed E-state index contributed by atoms with van der Waals surface area (Å²) in [6.45, 7) is 0. The first-order valence-electron chi connectivity index (χ1n) is 10.5. The van der Waals surface area contributed by atoms with E-state index in [9.17, 15) is 10.4 Å². The number of halogens is 2. The molecule has 5 aromatic rings. The standard InChI is InChI=1S/C27H18Cl2N4O/c1-33-16-31-15-25(33)27(34,18-5-7-19(28)8-6-18)23-11-12-24-22(10-9-21(14-30)32-24)26(23)17-3-2-4-20(29)13-17/h2-13,15-16,34H,1H3. The van der Waals surface area contributed by atoms with Crippen LogP contribution in [0.1, 0.15) is 22.5 Å². The number of fused-ring (bicyclic) bond motifs is 1. The van der Waals surface area contributed by atoms with Crippen molar-refractivity contribution in [2.24, 2.45) is 7.05 Å². The molecule has 7 heteroatoms. The Balaban J connectivity index is 1.92. The molecule has 0 spiro atoms. The molecule has 0 radical (unpaired) electrons. The summed E-state index contributed by atoms with van der Waals surface area (Å²) in [5.41, 5.74) is 2.79. The highest BCUT2D eigenvalue weighted by atomic mass is 35.5. The van der Waals surface area contributed by atoms with E-state index in [-0.39, 0.29) is 0 Å².